The van der Waals surface area contributed by atoms with Crippen LogP contribution in [-0.4, -0.2) is 41.4 Å². The number of nitriles is 1. The van der Waals surface area contributed by atoms with Gasteiger partial charge in [0, 0.05) is 25.3 Å². The Balaban J connectivity index is 1.37. The Morgan fingerprint density at radius 3 is 2.18 bits per heavy atom. The zero-order valence-corrected chi connectivity index (χ0v) is 21.8. The van der Waals surface area contributed by atoms with Gasteiger partial charge in [0.25, 0.3) is 0 Å². The summed E-state index contributed by atoms with van der Waals surface area (Å²) in [5, 5.41) is 15.3. The second kappa shape index (κ2) is 12.0. The van der Waals surface area contributed by atoms with Crippen LogP contribution in [-0.2, 0) is 0 Å². The molecule has 1 aliphatic rings. The van der Waals surface area contributed by atoms with Gasteiger partial charge in [0.2, 0.25) is 5.96 Å². The minimum atomic E-state index is -0.230. The van der Waals surface area contributed by atoms with Crippen LogP contribution in [0.1, 0.15) is 17.2 Å². The van der Waals surface area contributed by atoms with Crippen molar-refractivity contribution in [3.63, 3.8) is 0 Å². The zero-order chi connectivity index (χ0) is 27.0. The van der Waals surface area contributed by atoms with Crippen LogP contribution >= 0.6 is 0 Å². The number of carbonyl (C=O) groups excluding carboxylic acids is 1. The van der Waals surface area contributed by atoms with Gasteiger partial charge in [0.1, 0.15) is 0 Å². The third-order valence-corrected chi connectivity index (χ3v) is 6.88. The first-order chi connectivity index (χ1) is 19.1. The van der Waals surface area contributed by atoms with E-state index in [-0.39, 0.29) is 12.1 Å². The summed E-state index contributed by atoms with van der Waals surface area (Å²) in [6, 6.07) is 35.4. The van der Waals surface area contributed by atoms with Crippen molar-refractivity contribution in [3.05, 3.63) is 120 Å². The molecule has 0 aromatic heterocycles. The molecule has 0 aliphatic carbocycles. The molecule has 4 aromatic rings. The van der Waals surface area contributed by atoms with Crippen molar-refractivity contribution in [3.8, 4) is 17.3 Å². The number of nitrogens with zero attached hydrogens (tertiary/aromatic N) is 4. The van der Waals surface area contributed by atoms with Crippen molar-refractivity contribution >= 4 is 23.4 Å². The highest BCUT2D eigenvalue weighted by Gasteiger charge is 2.33. The number of amides is 2. The molecule has 1 atom stereocenters. The Morgan fingerprint density at radius 2 is 1.49 bits per heavy atom. The maximum atomic E-state index is 13.5. The highest BCUT2D eigenvalue weighted by molar-refractivity contribution is 5.90. The Hall–Kier alpha value is -5.09. The van der Waals surface area contributed by atoms with Crippen LogP contribution in [0.3, 0.4) is 0 Å². The monoisotopic (exact) mass is 514 g/mol. The van der Waals surface area contributed by atoms with Gasteiger partial charge in [-0.3, -0.25) is 5.32 Å². The zero-order valence-electron chi connectivity index (χ0n) is 21.8. The van der Waals surface area contributed by atoms with Crippen molar-refractivity contribution in [2.75, 3.05) is 25.0 Å². The summed E-state index contributed by atoms with van der Waals surface area (Å²) < 4.78 is 0. The molecule has 0 saturated carbocycles. The summed E-state index contributed by atoms with van der Waals surface area (Å²) in [6.45, 7) is 3.48. The van der Waals surface area contributed by atoms with Gasteiger partial charge in [-0.15, -0.1) is 0 Å². The number of nitrogens with one attached hydrogen (secondary N) is 2. The fourth-order valence-electron chi connectivity index (χ4n) is 4.78. The molecule has 194 valence electrons. The van der Waals surface area contributed by atoms with Crippen molar-refractivity contribution in [2.24, 2.45) is 4.99 Å². The lowest BCUT2D eigenvalue weighted by molar-refractivity contribution is 0.135. The van der Waals surface area contributed by atoms with E-state index in [0.29, 0.717) is 25.6 Å². The first-order valence-corrected chi connectivity index (χ1v) is 12.9. The molecule has 5 rings (SSSR count). The van der Waals surface area contributed by atoms with Gasteiger partial charge in [0.15, 0.2) is 6.19 Å². The van der Waals surface area contributed by atoms with Crippen LogP contribution in [0.15, 0.2) is 114 Å². The predicted octanol–water partition coefficient (Wildman–Crippen LogP) is 6.31. The smallest absolute Gasteiger partial charge is 0.322 e. The first kappa shape index (κ1) is 25.6. The summed E-state index contributed by atoms with van der Waals surface area (Å²) >= 11 is 0. The van der Waals surface area contributed by atoms with Crippen molar-refractivity contribution in [1.29, 1.82) is 5.26 Å². The van der Waals surface area contributed by atoms with Crippen LogP contribution in [0.4, 0.5) is 16.2 Å². The molecule has 2 amide bonds. The van der Waals surface area contributed by atoms with E-state index < -0.39 is 0 Å². The van der Waals surface area contributed by atoms with Gasteiger partial charge in [-0.05, 0) is 47.4 Å². The number of benzene rings is 4. The standard InChI is InChI=1S/C32H30N6O/c1-24-10-8-9-15-29(24)36-31(34-23-33)37-20-21-38(30(22-37)27-13-6-3-7-14-27)32(39)35-28-18-16-26(17-19-28)25-11-4-2-5-12-25/h2-19,30H,20-22H2,1H3,(H,34,36)(H,35,39). The second-order valence-electron chi connectivity index (χ2n) is 9.40. The molecule has 1 unspecified atom stereocenters. The average Bonchev–Trinajstić information content (AvgIpc) is 2.99. The molecule has 7 nitrogen and oxygen atoms in total. The Labute approximate surface area is 229 Å². The van der Waals surface area contributed by atoms with Crippen LogP contribution in [0.2, 0.25) is 0 Å². The number of carbonyl (C=O) groups is 1. The quantitative estimate of drug-likeness (QED) is 0.145. The van der Waals surface area contributed by atoms with Crippen molar-refractivity contribution < 1.29 is 4.79 Å². The van der Waals surface area contributed by atoms with Crippen molar-refractivity contribution in [1.82, 2.24) is 15.1 Å². The number of rotatable bonds is 4. The number of hydrogen-bond donors (Lipinski definition) is 2. The molecular weight excluding hydrogens is 484 g/mol. The van der Waals surface area contributed by atoms with Crippen LogP contribution in [0, 0.1) is 18.4 Å². The van der Waals surface area contributed by atoms with E-state index >= 15 is 0 Å². The average molecular weight is 515 g/mol. The van der Waals surface area contributed by atoms with E-state index in [1.54, 1.807) is 0 Å². The molecule has 1 aliphatic heterocycles. The topological polar surface area (TPSA) is 83.8 Å². The number of anilines is 1. The number of piperazine rings is 1. The van der Waals surface area contributed by atoms with E-state index in [9.17, 15) is 10.1 Å². The van der Waals surface area contributed by atoms with Gasteiger partial charge in [-0.2, -0.15) is 5.26 Å². The van der Waals surface area contributed by atoms with E-state index in [1.807, 2.05) is 120 Å². The van der Waals surface area contributed by atoms with Gasteiger partial charge in [-0.1, -0.05) is 91.0 Å². The molecule has 1 heterocycles. The fourth-order valence-corrected chi connectivity index (χ4v) is 4.78. The fraction of sp³-hybridized carbons (Fsp3) is 0.156. The van der Waals surface area contributed by atoms with Crippen LogP contribution in [0.25, 0.3) is 11.1 Å². The number of aliphatic imine (C=N–C) groups is 1. The summed E-state index contributed by atoms with van der Waals surface area (Å²) in [5.74, 6) is 0.476. The Bertz CT molecular complexity index is 1480. The Morgan fingerprint density at radius 1 is 0.846 bits per heavy atom. The molecule has 1 fully saturated rings. The molecule has 4 aromatic carbocycles. The molecule has 0 spiro atoms. The van der Waals surface area contributed by atoms with Gasteiger partial charge in [0.05, 0.1) is 11.7 Å². The molecule has 2 N–H and O–H groups in total. The summed E-state index contributed by atoms with van der Waals surface area (Å²) in [6.07, 6.45) is 2.03. The lowest BCUT2D eigenvalue weighted by atomic mass is 10.0. The largest absolute Gasteiger partial charge is 0.338 e. The minimum absolute atomic E-state index is 0.165. The number of para-hydroxylation sites is 1. The molecule has 7 heteroatoms. The van der Waals surface area contributed by atoms with E-state index in [2.05, 4.69) is 22.8 Å². The third kappa shape index (κ3) is 6.08. The number of hydrogen-bond acceptors (Lipinski definition) is 3. The molecule has 39 heavy (non-hydrogen) atoms. The maximum absolute atomic E-state index is 13.5. The highest BCUT2D eigenvalue weighted by atomic mass is 16.2. The normalized spacial score (nSPS) is 15.4. The van der Waals surface area contributed by atoms with E-state index in [4.69, 9.17) is 4.99 Å². The maximum Gasteiger partial charge on any atom is 0.322 e. The number of urea groups is 1. The highest BCUT2D eigenvalue weighted by Crippen LogP contribution is 2.28. The minimum Gasteiger partial charge on any atom is -0.338 e. The van der Waals surface area contributed by atoms with Crippen molar-refractivity contribution in [2.45, 2.75) is 13.0 Å². The molecule has 0 radical (unpaired) electrons. The molecule has 0 bridgehead atoms. The lowest BCUT2D eigenvalue weighted by Gasteiger charge is -2.42. The molecule has 1 saturated heterocycles. The van der Waals surface area contributed by atoms with E-state index in [1.165, 1.54) is 0 Å². The summed E-state index contributed by atoms with van der Waals surface area (Å²) in [7, 11) is 0. The van der Waals surface area contributed by atoms with Crippen LogP contribution in [0.5, 0.6) is 0 Å². The van der Waals surface area contributed by atoms with Crippen LogP contribution < -0.4 is 10.6 Å². The first-order valence-electron chi connectivity index (χ1n) is 12.9. The van der Waals surface area contributed by atoms with Gasteiger partial charge >= 0.3 is 6.03 Å². The second-order valence-corrected chi connectivity index (χ2v) is 9.40. The summed E-state index contributed by atoms with van der Waals surface area (Å²) in [5.41, 5.74) is 5.79. The summed E-state index contributed by atoms with van der Waals surface area (Å²) in [4.78, 5) is 22.2. The predicted molar refractivity (Wildman–Crippen MR) is 155 cm³/mol. The molecular formula is C32H30N6O. The Kier molecular flexibility index (Phi) is 7.84. The third-order valence-electron chi connectivity index (χ3n) is 6.88. The SMILES string of the molecule is Cc1ccccc1N=C(NC#N)N1CCN(C(=O)Nc2ccc(-c3ccccc3)cc2)C(c2ccccc2)C1. The van der Waals surface area contributed by atoms with Gasteiger partial charge in [-0.25, -0.2) is 9.79 Å². The number of guanidine groups is 1. The number of aryl methyl sites for hydroxylation is 1. The van der Waals surface area contributed by atoms with E-state index in [0.717, 1.165) is 33.6 Å². The van der Waals surface area contributed by atoms with Gasteiger partial charge < -0.3 is 15.1 Å². The lowest BCUT2D eigenvalue weighted by Crippen LogP contribution is -2.55.